The molecule has 3 aromatic carbocycles. The lowest BCUT2D eigenvalue weighted by Gasteiger charge is -2.39. The number of phenols is 1. The van der Waals surface area contributed by atoms with Gasteiger partial charge in [0.15, 0.2) is 0 Å². The number of anilines is 1. The molecule has 5 N–H and O–H groups in total. The number of phenolic OH excluding ortho intramolecular Hbond substituents is 1. The van der Waals surface area contributed by atoms with Gasteiger partial charge in [-0.05, 0) is 93.5 Å². The molecular weight excluding hydrogens is 572 g/mol. The summed E-state index contributed by atoms with van der Waals surface area (Å²) in [5, 5.41) is 17.6. The minimum absolute atomic E-state index is 0.00379. The molecule has 0 heterocycles. The zero-order valence-corrected chi connectivity index (χ0v) is 27.0. The van der Waals surface area contributed by atoms with Gasteiger partial charge in [0.25, 0.3) is 5.91 Å². The Labute approximate surface area is 265 Å². The molecule has 3 atom stereocenters. The van der Waals surface area contributed by atoms with E-state index in [1.807, 2.05) is 43.3 Å². The SMILES string of the molecule is CC(C)CCC(C)N(C(=O)C(CCC(N)=O)NC(=O)OC(C)(C)C)C(C(=O)Nc1ccc2ccccc2c1)c1ccc(O)cc1. The number of primary amides is 1. The number of nitrogens with one attached hydrogen (secondary N) is 2. The van der Waals surface area contributed by atoms with Gasteiger partial charge in [0, 0.05) is 18.2 Å². The minimum atomic E-state index is -1.21. The van der Waals surface area contributed by atoms with E-state index in [1.165, 1.54) is 17.0 Å². The lowest BCUT2D eigenvalue weighted by Crippen LogP contribution is -2.55. The van der Waals surface area contributed by atoms with Crippen LogP contribution in [0.5, 0.6) is 5.75 Å². The number of hydrogen-bond donors (Lipinski definition) is 4. The average molecular weight is 619 g/mol. The number of benzene rings is 3. The Hall–Kier alpha value is -4.60. The molecule has 0 aliphatic rings. The van der Waals surface area contributed by atoms with Crippen LogP contribution >= 0.6 is 0 Å². The van der Waals surface area contributed by atoms with Crippen molar-refractivity contribution in [1.29, 1.82) is 0 Å². The Balaban J connectivity index is 2.09. The molecule has 0 bridgehead atoms. The monoisotopic (exact) mass is 618 g/mol. The first-order valence-electron chi connectivity index (χ1n) is 15.3. The van der Waals surface area contributed by atoms with Gasteiger partial charge >= 0.3 is 6.09 Å². The summed E-state index contributed by atoms with van der Waals surface area (Å²) in [6.07, 6.45) is 0.242. The molecule has 3 unspecified atom stereocenters. The number of aromatic hydroxyl groups is 1. The van der Waals surface area contributed by atoms with Crippen molar-refractivity contribution in [2.45, 2.75) is 91.0 Å². The highest BCUT2D eigenvalue weighted by molar-refractivity contribution is 6.00. The first-order valence-corrected chi connectivity index (χ1v) is 15.3. The Kier molecular flexibility index (Phi) is 11.9. The molecule has 0 saturated heterocycles. The van der Waals surface area contributed by atoms with Crippen molar-refractivity contribution in [3.8, 4) is 5.75 Å². The number of amides is 4. The second-order valence-electron chi connectivity index (χ2n) is 12.8. The molecule has 0 spiro atoms. The quantitative estimate of drug-likeness (QED) is 0.183. The highest BCUT2D eigenvalue weighted by Crippen LogP contribution is 2.31. The van der Waals surface area contributed by atoms with Crippen molar-refractivity contribution in [3.63, 3.8) is 0 Å². The molecule has 0 aliphatic heterocycles. The maximum absolute atomic E-state index is 14.5. The van der Waals surface area contributed by atoms with E-state index >= 15 is 0 Å². The summed E-state index contributed by atoms with van der Waals surface area (Å²) in [4.78, 5) is 54.9. The Bertz CT molecular complexity index is 1480. The molecule has 0 aliphatic carbocycles. The second kappa shape index (κ2) is 15.4. The molecule has 3 rings (SSSR count). The molecule has 0 fully saturated rings. The van der Waals surface area contributed by atoms with Gasteiger partial charge in [-0.2, -0.15) is 0 Å². The van der Waals surface area contributed by atoms with Gasteiger partial charge in [-0.15, -0.1) is 0 Å². The fourth-order valence-electron chi connectivity index (χ4n) is 5.06. The van der Waals surface area contributed by atoms with Gasteiger partial charge in [-0.3, -0.25) is 14.4 Å². The van der Waals surface area contributed by atoms with Gasteiger partial charge in [-0.25, -0.2) is 4.79 Å². The Morgan fingerprint density at radius 2 is 1.53 bits per heavy atom. The van der Waals surface area contributed by atoms with E-state index in [0.29, 0.717) is 23.6 Å². The molecule has 10 nitrogen and oxygen atoms in total. The maximum atomic E-state index is 14.5. The Morgan fingerprint density at radius 1 is 0.889 bits per heavy atom. The van der Waals surface area contributed by atoms with Crippen LogP contribution in [0.15, 0.2) is 66.7 Å². The molecular formula is C35H46N4O6. The van der Waals surface area contributed by atoms with Crippen molar-refractivity contribution < 1.29 is 29.0 Å². The standard InChI is InChI=1S/C35H46N4O6/c1-22(2)11-12-23(3)39(33(43)29(19-20-30(36)41)38-34(44)45-35(4,5)6)31(25-14-17-28(40)18-15-25)32(42)37-27-16-13-24-9-7-8-10-26(24)21-27/h7-10,13-18,21-23,29,31,40H,11-12,19-20H2,1-6H3,(H2,36,41)(H,37,42)(H,38,44). The van der Waals surface area contributed by atoms with Crippen LogP contribution in [0, 0.1) is 5.92 Å². The van der Waals surface area contributed by atoms with Crippen LogP contribution < -0.4 is 16.4 Å². The van der Waals surface area contributed by atoms with Gasteiger partial charge < -0.3 is 31.1 Å². The summed E-state index contributed by atoms with van der Waals surface area (Å²) >= 11 is 0. The Morgan fingerprint density at radius 3 is 2.13 bits per heavy atom. The van der Waals surface area contributed by atoms with E-state index in [2.05, 4.69) is 24.5 Å². The van der Waals surface area contributed by atoms with E-state index in [0.717, 1.165) is 17.2 Å². The molecule has 4 amide bonds. The van der Waals surface area contributed by atoms with Crippen molar-refractivity contribution in [2.24, 2.45) is 11.7 Å². The molecule has 0 saturated carbocycles. The summed E-state index contributed by atoms with van der Waals surface area (Å²) in [6.45, 7) is 11.1. The number of fused-ring (bicyclic) bond motifs is 1. The van der Waals surface area contributed by atoms with Crippen molar-refractivity contribution >= 4 is 40.3 Å². The summed E-state index contributed by atoms with van der Waals surface area (Å²) < 4.78 is 5.42. The number of hydrogen-bond acceptors (Lipinski definition) is 6. The third-order valence-electron chi connectivity index (χ3n) is 7.31. The minimum Gasteiger partial charge on any atom is -0.508 e. The highest BCUT2D eigenvalue weighted by atomic mass is 16.6. The van der Waals surface area contributed by atoms with E-state index in [4.69, 9.17) is 10.5 Å². The van der Waals surface area contributed by atoms with E-state index in [-0.39, 0.29) is 18.6 Å². The van der Waals surface area contributed by atoms with E-state index < -0.39 is 47.5 Å². The fourth-order valence-corrected chi connectivity index (χ4v) is 5.06. The summed E-state index contributed by atoms with van der Waals surface area (Å²) in [6, 6.07) is 16.6. The van der Waals surface area contributed by atoms with Crippen LogP contribution in [0.3, 0.4) is 0 Å². The van der Waals surface area contributed by atoms with E-state index in [9.17, 15) is 24.3 Å². The summed E-state index contributed by atoms with van der Waals surface area (Å²) in [5.41, 5.74) is 5.60. The predicted molar refractivity (Wildman–Crippen MR) is 175 cm³/mol. The molecule has 10 heteroatoms. The van der Waals surface area contributed by atoms with Crippen LogP contribution in [0.25, 0.3) is 10.8 Å². The summed E-state index contributed by atoms with van der Waals surface area (Å²) in [7, 11) is 0. The second-order valence-corrected chi connectivity index (χ2v) is 12.8. The third kappa shape index (κ3) is 10.5. The number of nitrogens with zero attached hydrogens (tertiary/aromatic N) is 1. The number of carbonyl (C=O) groups is 4. The lowest BCUT2D eigenvalue weighted by molar-refractivity contribution is -0.143. The largest absolute Gasteiger partial charge is 0.508 e. The van der Waals surface area contributed by atoms with Gasteiger partial charge in [0.2, 0.25) is 11.8 Å². The first kappa shape index (κ1) is 34.9. The van der Waals surface area contributed by atoms with Crippen LogP contribution in [0.2, 0.25) is 0 Å². The number of nitrogens with two attached hydrogens (primary N) is 1. The summed E-state index contributed by atoms with van der Waals surface area (Å²) in [5.74, 6) is -1.35. The van der Waals surface area contributed by atoms with Crippen LogP contribution in [0.4, 0.5) is 10.5 Å². The number of carbonyl (C=O) groups excluding carboxylic acids is 4. The lowest BCUT2D eigenvalue weighted by atomic mass is 9.96. The molecule has 242 valence electrons. The maximum Gasteiger partial charge on any atom is 0.408 e. The van der Waals surface area contributed by atoms with Crippen LogP contribution in [-0.4, -0.2) is 51.5 Å². The van der Waals surface area contributed by atoms with Crippen molar-refractivity contribution in [2.75, 3.05) is 5.32 Å². The third-order valence-corrected chi connectivity index (χ3v) is 7.31. The van der Waals surface area contributed by atoms with Gasteiger partial charge in [-0.1, -0.05) is 56.3 Å². The number of ether oxygens (including phenoxy) is 1. The van der Waals surface area contributed by atoms with Crippen LogP contribution in [-0.2, 0) is 19.1 Å². The zero-order valence-electron chi connectivity index (χ0n) is 27.0. The van der Waals surface area contributed by atoms with E-state index in [1.54, 1.807) is 39.0 Å². The van der Waals surface area contributed by atoms with Gasteiger partial charge in [0.1, 0.15) is 23.4 Å². The fraction of sp³-hybridized carbons (Fsp3) is 0.429. The van der Waals surface area contributed by atoms with Crippen molar-refractivity contribution in [1.82, 2.24) is 10.2 Å². The molecule has 3 aromatic rings. The van der Waals surface area contributed by atoms with Crippen LogP contribution in [0.1, 0.15) is 78.8 Å². The molecule has 0 aromatic heterocycles. The normalized spacial score (nSPS) is 13.5. The molecule has 0 radical (unpaired) electrons. The highest BCUT2D eigenvalue weighted by Gasteiger charge is 2.39. The number of rotatable bonds is 13. The van der Waals surface area contributed by atoms with Crippen molar-refractivity contribution in [3.05, 3.63) is 72.3 Å². The van der Waals surface area contributed by atoms with Gasteiger partial charge in [0.05, 0.1) is 0 Å². The first-order chi connectivity index (χ1) is 21.1. The predicted octanol–water partition coefficient (Wildman–Crippen LogP) is 6.04. The topological polar surface area (TPSA) is 151 Å². The number of alkyl carbamates (subject to hydrolysis) is 1. The molecule has 45 heavy (non-hydrogen) atoms. The smallest absolute Gasteiger partial charge is 0.408 e. The zero-order chi connectivity index (χ0) is 33.3. The average Bonchev–Trinajstić information content (AvgIpc) is 2.95.